The van der Waals surface area contributed by atoms with Crippen LogP contribution in [-0.4, -0.2) is 15.2 Å². The number of nitrogens with two attached hydrogens (primary N) is 1. The summed E-state index contributed by atoms with van der Waals surface area (Å²) < 4.78 is 0. The lowest BCUT2D eigenvalue weighted by Crippen LogP contribution is -1.83. The maximum absolute atomic E-state index is 5.96. The van der Waals surface area contributed by atoms with Crippen molar-refractivity contribution in [1.29, 1.82) is 0 Å². The van der Waals surface area contributed by atoms with E-state index in [0.717, 1.165) is 10.0 Å². The molecule has 0 saturated heterocycles. The van der Waals surface area contributed by atoms with Gasteiger partial charge < -0.3 is 5.73 Å². The molecule has 15 heavy (non-hydrogen) atoms. The van der Waals surface area contributed by atoms with E-state index in [-0.39, 0.29) is 0 Å². The van der Waals surface area contributed by atoms with Crippen LogP contribution in [-0.2, 0) is 5.75 Å². The molecule has 0 aliphatic rings. The largest absolute Gasteiger partial charge is 0.374 e. The zero-order valence-corrected chi connectivity index (χ0v) is 9.94. The first-order chi connectivity index (χ1) is 7.25. The standard InChI is InChI=1S/C8H7ClN4S2/c9-5-2-1-3-11-7(5)14-4-6-12-13-8(10)15-6/h1-3H,4H2,(H2,10,13). The monoisotopic (exact) mass is 258 g/mol. The van der Waals surface area contributed by atoms with Gasteiger partial charge in [-0.2, -0.15) is 0 Å². The summed E-state index contributed by atoms with van der Waals surface area (Å²) in [6, 6.07) is 3.61. The number of anilines is 1. The van der Waals surface area contributed by atoms with E-state index >= 15 is 0 Å². The summed E-state index contributed by atoms with van der Waals surface area (Å²) in [5.74, 6) is 0.686. The van der Waals surface area contributed by atoms with Gasteiger partial charge in [0.2, 0.25) is 5.13 Å². The van der Waals surface area contributed by atoms with E-state index in [1.807, 2.05) is 6.07 Å². The highest BCUT2D eigenvalue weighted by atomic mass is 35.5. The van der Waals surface area contributed by atoms with Gasteiger partial charge in [0.15, 0.2) is 0 Å². The van der Waals surface area contributed by atoms with Crippen molar-refractivity contribution in [1.82, 2.24) is 15.2 Å². The SMILES string of the molecule is Nc1nnc(CSc2ncccc2Cl)s1. The van der Waals surface area contributed by atoms with Crippen molar-refractivity contribution in [3.8, 4) is 0 Å². The minimum Gasteiger partial charge on any atom is -0.374 e. The number of rotatable bonds is 3. The Labute approximate surface area is 99.9 Å². The predicted octanol–water partition coefficient (Wildman–Crippen LogP) is 2.46. The molecule has 0 bridgehead atoms. The van der Waals surface area contributed by atoms with Crippen LogP contribution in [0.2, 0.25) is 5.02 Å². The average molecular weight is 259 g/mol. The van der Waals surface area contributed by atoms with E-state index < -0.39 is 0 Å². The number of halogens is 1. The van der Waals surface area contributed by atoms with Crippen LogP contribution in [0, 0.1) is 0 Å². The van der Waals surface area contributed by atoms with Crippen LogP contribution in [0.15, 0.2) is 23.4 Å². The topological polar surface area (TPSA) is 64.7 Å². The minimum atomic E-state index is 0.484. The van der Waals surface area contributed by atoms with E-state index in [1.165, 1.54) is 23.1 Å². The molecule has 0 atom stereocenters. The molecule has 0 fully saturated rings. The van der Waals surface area contributed by atoms with E-state index in [9.17, 15) is 0 Å². The second kappa shape index (κ2) is 4.78. The fourth-order valence-corrected chi connectivity index (χ4v) is 2.69. The van der Waals surface area contributed by atoms with Gasteiger partial charge in [-0.3, -0.25) is 0 Å². The van der Waals surface area contributed by atoms with Crippen LogP contribution in [0.1, 0.15) is 5.01 Å². The van der Waals surface area contributed by atoms with Gasteiger partial charge in [0.25, 0.3) is 0 Å². The normalized spacial score (nSPS) is 10.5. The summed E-state index contributed by atoms with van der Waals surface area (Å²) in [5, 5.41) is 10.5. The van der Waals surface area contributed by atoms with Gasteiger partial charge in [-0.25, -0.2) is 4.98 Å². The molecule has 0 saturated carbocycles. The van der Waals surface area contributed by atoms with Crippen molar-refractivity contribution in [3.05, 3.63) is 28.4 Å². The van der Waals surface area contributed by atoms with Crippen molar-refractivity contribution < 1.29 is 0 Å². The lowest BCUT2D eigenvalue weighted by atomic mass is 10.5. The van der Waals surface area contributed by atoms with E-state index in [4.69, 9.17) is 17.3 Å². The molecule has 4 nitrogen and oxygen atoms in total. The van der Waals surface area contributed by atoms with E-state index in [2.05, 4.69) is 15.2 Å². The van der Waals surface area contributed by atoms with Crippen LogP contribution in [0.3, 0.4) is 0 Å². The maximum Gasteiger partial charge on any atom is 0.203 e. The van der Waals surface area contributed by atoms with Gasteiger partial charge in [-0.15, -0.1) is 10.2 Å². The summed E-state index contributed by atoms with van der Waals surface area (Å²) in [4.78, 5) is 4.16. The fraction of sp³-hybridized carbons (Fsp3) is 0.125. The Hall–Kier alpha value is -0.850. The number of hydrogen-bond acceptors (Lipinski definition) is 6. The highest BCUT2D eigenvalue weighted by Gasteiger charge is 2.05. The number of nitrogen functional groups attached to an aromatic ring is 1. The first-order valence-corrected chi connectivity index (χ1v) is 6.25. The van der Waals surface area contributed by atoms with Crippen molar-refractivity contribution in [2.24, 2.45) is 0 Å². The molecule has 2 heterocycles. The second-order valence-electron chi connectivity index (χ2n) is 2.61. The zero-order chi connectivity index (χ0) is 10.7. The summed E-state index contributed by atoms with van der Waals surface area (Å²) in [7, 11) is 0. The van der Waals surface area contributed by atoms with E-state index in [0.29, 0.717) is 15.9 Å². The molecule has 0 spiro atoms. The molecule has 0 aliphatic carbocycles. The van der Waals surface area contributed by atoms with Gasteiger partial charge in [0.1, 0.15) is 10.0 Å². The summed E-state index contributed by atoms with van der Waals surface area (Å²) in [6.45, 7) is 0. The van der Waals surface area contributed by atoms with E-state index in [1.54, 1.807) is 12.3 Å². The predicted molar refractivity (Wildman–Crippen MR) is 63.1 cm³/mol. The average Bonchev–Trinajstić information content (AvgIpc) is 2.63. The van der Waals surface area contributed by atoms with Crippen molar-refractivity contribution >= 4 is 39.8 Å². The first-order valence-electron chi connectivity index (χ1n) is 4.07. The molecule has 7 heteroatoms. The Bertz CT molecular complexity index is 459. The molecule has 2 rings (SSSR count). The third-order valence-corrected chi connectivity index (χ3v) is 3.91. The molecule has 0 radical (unpaired) electrons. The Kier molecular flexibility index (Phi) is 3.40. The van der Waals surface area contributed by atoms with Gasteiger partial charge in [0.05, 0.1) is 10.8 Å². The Morgan fingerprint density at radius 2 is 2.33 bits per heavy atom. The molecular formula is C8H7ClN4S2. The lowest BCUT2D eigenvalue weighted by Gasteiger charge is -1.99. The van der Waals surface area contributed by atoms with Gasteiger partial charge in [0, 0.05) is 6.20 Å². The van der Waals surface area contributed by atoms with Crippen LogP contribution in [0.25, 0.3) is 0 Å². The Balaban J connectivity index is 2.02. The molecule has 2 aromatic rings. The lowest BCUT2D eigenvalue weighted by molar-refractivity contribution is 1.04. The highest BCUT2D eigenvalue weighted by Crippen LogP contribution is 2.28. The summed E-state index contributed by atoms with van der Waals surface area (Å²) >= 11 is 8.85. The van der Waals surface area contributed by atoms with Gasteiger partial charge >= 0.3 is 0 Å². The highest BCUT2D eigenvalue weighted by molar-refractivity contribution is 7.98. The maximum atomic E-state index is 5.96. The quantitative estimate of drug-likeness (QED) is 0.857. The third-order valence-electron chi connectivity index (χ3n) is 1.54. The van der Waals surface area contributed by atoms with Crippen molar-refractivity contribution in [3.63, 3.8) is 0 Å². The van der Waals surface area contributed by atoms with Crippen LogP contribution in [0.5, 0.6) is 0 Å². The number of nitrogens with zero attached hydrogens (tertiary/aromatic N) is 3. The Morgan fingerprint density at radius 3 is 3.00 bits per heavy atom. The van der Waals surface area contributed by atoms with Crippen LogP contribution in [0.4, 0.5) is 5.13 Å². The van der Waals surface area contributed by atoms with Crippen molar-refractivity contribution in [2.75, 3.05) is 5.73 Å². The minimum absolute atomic E-state index is 0.484. The smallest absolute Gasteiger partial charge is 0.203 e. The van der Waals surface area contributed by atoms with Crippen LogP contribution < -0.4 is 5.73 Å². The number of thioether (sulfide) groups is 1. The Morgan fingerprint density at radius 1 is 1.47 bits per heavy atom. The summed E-state index contributed by atoms with van der Waals surface area (Å²) in [5.41, 5.74) is 5.47. The van der Waals surface area contributed by atoms with Gasteiger partial charge in [-0.1, -0.05) is 34.7 Å². The number of pyridine rings is 1. The second-order valence-corrected chi connectivity index (χ2v) is 5.08. The molecule has 0 unspecified atom stereocenters. The zero-order valence-electron chi connectivity index (χ0n) is 7.55. The molecule has 0 amide bonds. The first kappa shape index (κ1) is 10.7. The molecule has 0 aliphatic heterocycles. The van der Waals surface area contributed by atoms with Crippen LogP contribution >= 0.6 is 34.7 Å². The number of hydrogen-bond donors (Lipinski definition) is 1. The fourth-order valence-electron chi connectivity index (χ4n) is 0.932. The summed E-state index contributed by atoms with van der Waals surface area (Å²) in [6.07, 6.45) is 1.71. The number of aromatic nitrogens is 3. The molecule has 2 N–H and O–H groups in total. The molecule has 2 aromatic heterocycles. The molecule has 78 valence electrons. The molecule has 0 aromatic carbocycles. The van der Waals surface area contributed by atoms with Crippen molar-refractivity contribution in [2.45, 2.75) is 10.8 Å². The molecular weight excluding hydrogens is 252 g/mol. The third kappa shape index (κ3) is 2.80. The van der Waals surface area contributed by atoms with Gasteiger partial charge in [-0.05, 0) is 12.1 Å².